The molecule has 0 radical (unpaired) electrons. The van der Waals surface area contributed by atoms with E-state index in [1.807, 2.05) is 0 Å². The number of urea groups is 1. The number of anilines is 1. The van der Waals surface area contributed by atoms with Crippen molar-refractivity contribution < 1.29 is 14.3 Å². The van der Waals surface area contributed by atoms with E-state index in [4.69, 9.17) is 15.9 Å². The van der Waals surface area contributed by atoms with Crippen molar-refractivity contribution in [2.45, 2.75) is 13.3 Å². The SMILES string of the molecule is C#Cc1cccc(NC(=O)NCCOCCOCCC)c1. The lowest BCUT2D eigenvalue weighted by Gasteiger charge is -2.08. The van der Waals surface area contributed by atoms with Crippen molar-refractivity contribution in [1.29, 1.82) is 0 Å². The van der Waals surface area contributed by atoms with E-state index in [1.54, 1.807) is 24.3 Å². The van der Waals surface area contributed by atoms with Crippen LogP contribution in [0.5, 0.6) is 0 Å². The molecule has 0 aliphatic heterocycles. The lowest BCUT2D eigenvalue weighted by Crippen LogP contribution is -2.31. The molecule has 5 nitrogen and oxygen atoms in total. The van der Waals surface area contributed by atoms with Gasteiger partial charge in [-0.2, -0.15) is 0 Å². The third kappa shape index (κ3) is 7.98. The minimum atomic E-state index is -0.282. The smallest absolute Gasteiger partial charge is 0.319 e. The molecule has 21 heavy (non-hydrogen) atoms. The first kappa shape index (κ1) is 17.0. The number of rotatable bonds is 9. The van der Waals surface area contributed by atoms with Crippen molar-refractivity contribution in [2.24, 2.45) is 0 Å². The number of hydrogen-bond acceptors (Lipinski definition) is 3. The molecule has 1 aromatic carbocycles. The fourth-order valence-corrected chi connectivity index (χ4v) is 1.57. The van der Waals surface area contributed by atoms with Crippen molar-refractivity contribution in [3.8, 4) is 12.3 Å². The number of ether oxygens (including phenoxy) is 2. The zero-order valence-corrected chi connectivity index (χ0v) is 12.4. The van der Waals surface area contributed by atoms with E-state index in [9.17, 15) is 4.79 Å². The van der Waals surface area contributed by atoms with Gasteiger partial charge in [-0.25, -0.2) is 4.79 Å². The van der Waals surface area contributed by atoms with Crippen molar-refractivity contribution in [1.82, 2.24) is 5.32 Å². The van der Waals surface area contributed by atoms with Crippen LogP contribution >= 0.6 is 0 Å². The van der Waals surface area contributed by atoms with Crippen molar-refractivity contribution in [3.63, 3.8) is 0 Å². The lowest BCUT2D eigenvalue weighted by atomic mass is 10.2. The summed E-state index contributed by atoms with van der Waals surface area (Å²) in [4.78, 5) is 11.6. The molecule has 0 unspecified atom stereocenters. The standard InChI is InChI=1S/C16H22N2O3/c1-3-9-20-11-12-21-10-8-17-16(19)18-15-7-5-6-14(4-2)13-15/h2,5-7,13H,3,8-12H2,1H3,(H2,17,18,19). The van der Waals surface area contributed by atoms with Crippen LogP contribution in [0, 0.1) is 12.3 Å². The Labute approximate surface area is 126 Å². The van der Waals surface area contributed by atoms with Crippen LogP contribution in [-0.4, -0.2) is 39.0 Å². The largest absolute Gasteiger partial charge is 0.379 e. The van der Waals surface area contributed by atoms with Crippen LogP contribution < -0.4 is 10.6 Å². The third-order valence-corrected chi connectivity index (χ3v) is 2.54. The van der Waals surface area contributed by atoms with Gasteiger partial charge in [0.15, 0.2) is 0 Å². The highest BCUT2D eigenvalue weighted by atomic mass is 16.5. The molecule has 0 fully saturated rings. The Morgan fingerprint density at radius 1 is 1.24 bits per heavy atom. The normalized spacial score (nSPS) is 9.90. The molecular formula is C16H22N2O3. The highest BCUT2D eigenvalue weighted by Crippen LogP contribution is 2.09. The van der Waals surface area contributed by atoms with Crippen LogP contribution in [-0.2, 0) is 9.47 Å². The highest BCUT2D eigenvalue weighted by molar-refractivity contribution is 5.89. The van der Waals surface area contributed by atoms with Gasteiger partial charge in [-0.05, 0) is 24.6 Å². The summed E-state index contributed by atoms with van der Waals surface area (Å²) in [5.74, 6) is 2.52. The molecule has 1 rings (SSSR count). The monoisotopic (exact) mass is 290 g/mol. The van der Waals surface area contributed by atoms with Gasteiger partial charge in [-0.1, -0.05) is 18.9 Å². The second kappa shape index (κ2) is 10.7. The van der Waals surface area contributed by atoms with Crippen LogP contribution in [0.3, 0.4) is 0 Å². The molecular weight excluding hydrogens is 268 g/mol. The summed E-state index contributed by atoms with van der Waals surface area (Å²) in [6, 6.07) is 6.83. The Morgan fingerprint density at radius 3 is 2.71 bits per heavy atom. The third-order valence-electron chi connectivity index (χ3n) is 2.54. The van der Waals surface area contributed by atoms with E-state index < -0.39 is 0 Å². The first-order chi connectivity index (χ1) is 10.3. The van der Waals surface area contributed by atoms with E-state index in [-0.39, 0.29) is 6.03 Å². The van der Waals surface area contributed by atoms with Gasteiger partial charge in [0.25, 0.3) is 0 Å². The first-order valence-electron chi connectivity index (χ1n) is 7.03. The van der Waals surface area contributed by atoms with Crippen LogP contribution in [0.4, 0.5) is 10.5 Å². The van der Waals surface area contributed by atoms with Gasteiger partial charge < -0.3 is 20.1 Å². The Hall–Kier alpha value is -2.03. The van der Waals surface area contributed by atoms with Gasteiger partial charge >= 0.3 is 6.03 Å². The predicted octanol–water partition coefficient (Wildman–Crippen LogP) is 2.23. The summed E-state index contributed by atoms with van der Waals surface area (Å²) >= 11 is 0. The zero-order chi connectivity index (χ0) is 15.3. The number of nitrogens with one attached hydrogen (secondary N) is 2. The Bertz CT molecular complexity index is 469. The molecule has 5 heteroatoms. The van der Waals surface area contributed by atoms with Crippen LogP contribution in [0.25, 0.3) is 0 Å². The molecule has 0 aliphatic rings. The second-order valence-corrected chi connectivity index (χ2v) is 4.33. The summed E-state index contributed by atoms with van der Waals surface area (Å²) in [6.07, 6.45) is 6.30. The molecule has 0 saturated heterocycles. The number of hydrogen-bond donors (Lipinski definition) is 2. The number of carbonyl (C=O) groups excluding carboxylic acids is 1. The summed E-state index contributed by atoms with van der Waals surface area (Å²) in [5.41, 5.74) is 1.39. The van der Waals surface area contributed by atoms with Crippen molar-refractivity contribution >= 4 is 11.7 Å². The quantitative estimate of drug-likeness (QED) is 0.541. The molecule has 0 spiro atoms. The average Bonchev–Trinajstić information content (AvgIpc) is 2.50. The molecule has 0 aromatic heterocycles. The maximum absolute atomic E-state index is 11.6. The summed E-state index contributed by atoms with van der Waals surface area (Å²) in [6.45, 7) is 4.82. The summed E-state index contributed by atoms with van der Waals surface area (Å²) in [5, 5.41) is 5.41. The minimum Gasteiger partial charge on any atom is -0.379 e. The Kier molecular flexibility index (Phi) is 8.69. The van der Waals surface area contributed by atoms with Crippen molar-refractivity contribution in [3.05, 3.63) is 29.8 Å². The summed E-state index contributed by atoms with van der Waals surface area (Å²) < 4.78 is 10.6. The van der Waals surface area contributed by atoms with Gasteiger partial charge in [0, 0.05) is 24.4 Å². The summed E-state index contributed by atoms with van der Waals surface area (Å²) in [7, 11) is 0. The van der Waals surface area contributed by atoms with E-state index >= 15 is 0 Å². The molecule has 2 N–H and O–H groups in total. The van der Waals surface area contributed by atoms with Crippen molar-refractivity contribution in [2.75, 3.05) is 38.3 Å². The Morgan fingerprint density at radius 2 is 2.00 bits per heavy atom. The fraction of sp³-hybridized carbons (Fsp3) is 0.438. The van der Waals surface area contributed by atoms with Crippen LogP contribution in [0.1, 0.15) is 18.9 Å². The molecule has 0 atom stereocenters. The van der Waals surface area contributed by atoms with Crippen LogP contribution in [0.2, 0.25) is 0 Å². The van der Waals surface area contributed by atoms with E-state index in [0.29, 0.717) is 32.1 Å². The number of terminal acetylenes is 1. The average molecular weight is 290 g/mol. The molecule has 0 heterocycles. The first-order valence-corrected chi connectivity index (χ1v) is 7.03. The van der Waals surface area contributed by atoms with Gasteiger partial charge in [0.1, 0.15) is 0 Å². The Balaban J connectivity index is 2.10. The van der Waals surface area contributed by atoms with Gasteiger partial charge in [-0.15, -0.1) is 6.42 Å². The molecule has 114 valence electrons. The maximum atomic E-state index is 11.6. The topological polar surface area (TPSA) is 59.6 Å². The zero-order valence-electron chi connectivity index (χ0n) is 12.4. The number of amides is 2. The molecule has 1 aromatic rings. The lowest BCUT2D eigenvalue weighted by molar-refractivity contribution is 0.0497. The second-order valence-electron chi connectivity index (χ2n) is 4.33. The minimum absolute atomic E-state index is 0.282. The molecule has 2 amide bonds. The van der Waals surface area contributed by atoms with Gasteiger partial charge in [0.2, 0.25) is 0 Å². The number of carbonyl (C=O) groups is 1. The van der Waals surface area contributed by atoms with E-state index in [0.717, 1.165) is 18.6 Å². The molecule has 0 aliphatic carbocycles. The molecule has 0 bridgehead atoms. The van der Waals surface area contributed by atoms with E-state index in [2.05, 4.69) is 23.5 Å². The van der Waals surface area contributed by atoms with Crippen LogP contribution in [0.15, 0.2) is 24.3 Å². The maximum Gasteiger partial charge on any atom is 0.319 e. The predicted molar refractivity (Wildman–Crippen MR) is 83.3 cm³/mol. The van der Waals surface area contributed by atoms with Gasteiger partial charge in [0.05, 0.1) is 19.8 Å². The number of benzene rings is 1. The van der Waals surface area contributed by atoms with Gasteiger partial charge in [-0.3, -0.25) is 0 Å². The van der Waals surface area contributed by atoms with E-state index in [1.165, 1.54) is 0 Å². The highest BCUT2D eigenvalue weighted by Gasteiger charge is 2.01. The molecule has 0 saturated carbocycles. The fourth-order valence-electron chi connectivity index (χ4n) is 1.57.